The average Bonchev–Trinajstić information content (AvgIpc) is 2.77. The van der Waals surface area contributed by atoms with Gasteiger partial charge in [-0.1, -0.05) is 6.07 Å². The molecule has 1 aromatic carbocycles. The van der Waals surface area contributed by atoms with Crippen LogP contribution in [0.4, 0.5) is 5.69 Å². The van der Waals surface area contributed by atoms with Gasteiger partial charge in [0.15, 0.2) is 11.5 Å². The number of anilines is 1. The number of hydrogen-bond donors (Lipinski definition) is 1. The normalized spacial score (nSPS) is 19.5. The van der Waals surface area contributed by atoms with Crippen molar-refractivity contribution in [2.24, 2.45) is 5.92 Å². The Bertz CT molecular complexity index is 1030. The number of amides is 1. The van der Waals surface area contributed by atoms with Crippen molar-refractivity contribution >= 4 is 11.6 Å². The van der Waals surface area contributed by atoms with Crippen molar-refractivity contribution in [1.29, 1.82) is 0 Å². The number of aryl methyl sites for hydroxylation is 1. The lowest BCUT2D eigenvalue weighted by Crippen LogP contribution is -2.49. The number of benzene rings is 1. The Morgan fingerprint density at radius 1 is 1.16 bits per heavy atom. The quantitative estimate of drug-likeness (QED) is 0.703. The molecule has 0 saturated carbocycles. The number of pyridine rings is 1. The van der Waals surface area contributed by atoms with E-state index in [-0.39, 0.29) is 28.7 Å². The zero-order valence-electron chi connectivity index (χ0n) is 17.6. The summed E-state index contributed by atoms with van der Waals surface area (Å²) in [5.74, 6) is 1.56. The highest BCUT2D eigenvalue weighted by molar-refractivity contribution is 5.76. The number of hydrogen-bond acceptors (Lipinski definition) is 7. The van der Waals surface area contributed by atoms with Crippen LogP contribution in [0, 0.1) is 11.1 Å². The van der Waals surface area contributed by atoms with Crippen LogP contribution in [0.3, 0.4) is 0 Å². The molecule has 1 saturated heterocycles. The maximum atomic E-state index is 12.9. The van der Waals surface area contributed by atoms with Crippen LogP contribution < -0.4 is 20.3 Å². The SMILES string of the molecule is COc1ccc(CCC(=O)N2C[C@@H]3C[C@H](C2)c2ccc(N([O-])O)c(=O)n2C3)cc1OC. The monoisotopic (exact) mass is 428 g/mol. The largest absolute Gasteiger partial charge is 0.733 e. The molecule has 2 aliphatic rings. The van der Waals surface area contributed by atoms with E-state index in [2.05, 4.69) is 0 Å². The molecule has 1 fully saturated rings. The highest BCUT2D eigenvalue weighted by atomic mass is 16.8. The van der Waals surface area contributed by atoms with E-state index >= 15 is 0 Å². The standard InChI is InChI=1S/C22H26N3O6/c1-30-19-7-3-14(10-20(19)31-2)4-8-21(26)23-11-15-9-16(13-23)17-5-6-18(25(28)29)22(27)24(17)12-15/h3,5-7,10,15-16,28H,4,8-9,11-13H2,1-2H3/q-1/t15-,16+/m0/s1. The number of aromatic nitrogens is 1. The number of fused-ring (bicyclic) bond motifs is 4. The van der Waals surface area contributed by atoms with Crippen LogP contribution in [-0.2, 0) is 17.8 Å². The minimum atomic E-state index is -0.488. The molecule has 3 heterocycles. The fourth-order valence-electron chi connectivity index (χ4n) is 4.73. The van der Waals surface area contributed by atoms with Crippen LogP contribution in [0.15, 0.2) is 35.1 Å². The smallest absolute Gasteiger partial charge is 0.275 e. The molecule has 0 unspecified atom stereocenters. The molecule has 0 spiro atoms. The van der Waals surface area contributed by atoms with Crippen molar-refractivity contribution in [1.82, 2.24) is 9.47 Å². The Morgan fingerprint density at radius 3 is 2.65 bits per heavy atom. The number of rotatable bonds is 6. The minimum absolute atomic E-state index is 0.0399. The first-order valence-corrected chi connectivity index (χ1v) is 10.3. The van der Waals surface area contributed by atoms with Crippen LogP contribution in [0.1, 0.15) is 30.0 Å². The van der Waals surface area contributed by atoms with Crippen molar-refractivity contribution in [3.05, 3.63) is 57.2 Å². The molecule has 1 amide bonds. The van der Waals surface area contributed by atoms with Gasteiger partial charge in [-0.2, -0.15) is 0 Å². The zero-order chi connectivity index (χ0) is 22.1. The second kappa shape index (κ2) is 8.60. The molecule has 2 bridgehead atoms. The van der Waals surface area contributed by atoms with E-state index in [1.54, 1.807) is 24.9 Å². The van der Waals surface area contributed by atoms with Crippen molar-refractivity contribution in [3.63, 3.8) is 0 Å². The first-order chi connectivity index (χ1) is 14.9. The Hall–Kier alpha value is -3.04. The summed E-state index contributed by atoms with van der Waals surface area (Å²) >= 11 is 0. The van der Waals surface area contributed by atoms with E-state index in [9.17, 15) is 14.8 Å². The number of methoxy groups -OCH3 is 2. The molecule has 4 rings (SSSR count). The van der Waals surface area contributed by atoms with Crippen LogP contribution in [0.5, 0.6) is 11.5 Å². The lowest BCUT2D eigenvalue weighted by molar-refractivity contribution is -0.133. The van der Waals surface area contributed by atoms with Gasteiger partial charge in [-0.3, -0.25) is 14.8 Å². The number of carbonyl (C=O) groups excluding carboxylic acids is 1. The summed E-state index contributed by atoms with van der Waals surface area (Å²) in [5, 5.41) is 19.9. The van der Waals surface area contributed by atoms with Crippen molar-refractivity contribution in [3.8, 4) is 11.5 Å². The van der Waals surface area contributed by atoms with Gasteiger partial charge in [0.1, 0.15) is 5.69 Å². The van der Waals surface area contributed by atoms with Crippen molar-refractivity contribution in [2.45, 2.75) is 31.7 Å². The third-order valence-corrected chi connectivity index (χ3v) is 6.22. The maximum Gasteiger partial charge on any atom is 0.275 e. The topological polar surface area (TPSA) is 107 Å². The average molecular weight is 428 g/mol. The lowest BCUT2D eigenvalue weighted by atomic mass is 9.83. The van der Waals surface area contributed by atoms with Gasteiger partial charge in [0, 0.05) is 37.7 Å². The molecule has 9 heteroatoms. The summed E-state index contributed by atoms with van der Waals surface area (Å²) in [4.78, 5) is 27.3. The van der Waals surface area contributed by atoms with Gasteiger partial charge in [-0.15, -0.1) is 0 Å². The fourth-order valence-corrected chi connectivity index (χ4v) is 4.73. The van der Waals surface area contributed by atoms with Gasteiger partial charge in [0.2, 0.25) is 5.91 Å². The zero-order valence-corrected chi connectivity index (χ0v) is 17.6. The minimum Gasteiger partial charge on any atom is -0.733 e. The molecule has 2 aromatic rings. The number of likely N-dealkylation sites (tertiary alicyclic amines) is 1. The van der Waals surface area contributed by atoms with Crippen LogP contribution in [-0.4, -0.2) is 47.9 Å². The molecule has 1 N–H and O–H groups in total. The molecule has 31 heavy (non-hydrogen) atoms. The molecule has 0 radical (unpaired) electrons. The number of carbonyl (C=O) groups is 1. The maximum absolute atomic E-state index is 12.9. The third-order valence-electron chi connectivity index (χ3n) is 6.22. The number of piperidine rings is 1. The molecule has 0 aliphatic carbocycles. The van der Waals surface area contributed by atoms with Gasteiger partial charge in [-0.25, -0.2) is 0 Å². The van der Waals surface area contributed by atoms with E-state index < -0.39 is 5.56 Å². The Morgan fingerprint density at radius 2 is 1.94 bits per heavy atom. The molecular weight excluding hydrogens is 402 g/mol. The molecule has 166 valence electrons. The second-order valence-corrected chi connectivity index (χ2v) is 8.12. The summed E-state index contributed by atoms with van der Waals surface area (Å²) in [6.45, 7) is 1.56. The van der Waals surface area contributed by atoms with Crippen LogP contribution in [0.25, 0.3) is 0 Å². The summed E-state index contributed by atoms with van der Waals surface area (Å²) in [7, 11) is 3.17. The van der Waals surface area contributed by atoms with E-state index in [1.165, 1.54) is 6.07 Å². The Kier molecular flexibility index (Phi) is 5.88. The summed E-state index contributed by atoms with van der Waals surface area (Å²) in [6, 6.07) is 8.70. The molecule has 1 aromatic heterocycles. The molecule has 9 nitrogen and oxygen atoms in total. The van der Waals surface area contributed by atoms with Crippen LogP contribution in [0.2, 0.25) is 0 Å². The van der Waals surface area contributed by atoms with Crippen LogP contribution >= 0.6 is 0 Å². The van der Waals surface area contributed by atoms with Crippen molar-refractivity contribution < 1.29 is 19.5 Å². The third kappa shape index (κ3) is 4.11. The van der Waals surface area contributed by atoms with Gasteiger partial charge in [0.05, 0.1) is 14.2 Å². The van der Waals surface area contributed by atoms with E-state index in [1.807, 2.05) is 23.1 Å². The molecule has 2 aliphatic heterocycles. The Labute approximate surface area is 179 Å². The number of ether oxygens (including phenoxy) is 2. The predicted molar refractivity (Wildman–Crippen MR) is 114 cm³/mol. The Balaban J connectivity index is 1.44. The lowest BCUT2D eigenvalue weighted by Gasteiger charge is -2.43. The first kappa shape index (κ1) is 21.2. The van der Waals surface area contributed by atoms with E-state index in [0.717, 1.165) is 17.7 Å². The summed E-state index contributed by atoms with van der Waals surface area (Å²) in [6.07, 6.45) is 1.88. The highest BCUT2D eigenvalue weighted by Gasteiger charge is 2.36. The van der Waals surface area contributed by atoms with Gasteiger partial charge >= 0.3 is 0 Å². The van der Waals surface area contributed by atoms with E-state index in [4.69, 9.17) is 14.7 Å². The van der Waals surface area contributed by atoms with Crippen molar-refractivity contribution in [2.75, 3.05) is 32.5 Å². The highest BCUT2D eigenvalue weighted by Crippen LogP contribution is 2.36. The first-order valence-electron chi connectivity index (χ1n) is 10.3. The second-order valence-electron chi connectivity index (χ2n) is 8.12. The summed E-state index contributed by atoms with van der Waals surface area (Å²) < 4.78 is 12.2. The van der Waals surface area contributed by atoms with Gasteiger partial charge in [0.25, 0.3) is 5.56 Å². The predicted octanol–water partition coefficient (Wildman–Crippen LogP) is 2.14. The number of nitrogens with zero attached hydrogens (tertiary/aromatic N) is 3. The van der Waals surface area contributed by atoms with Gasteiger partial charge < -0.3 is 29.4 Å². The molecular formula is C22H26N3O6-. The molecule has 2 atom stereocenters. The summed E-state index contributed by atoms with van der Waals surface area (Å²) in [5.41, 5.74) is 1.03. The fraction of sp³-hybridized carbons (Fsp3) is 0.455. The van der Waals surface area contributed by atoms with E-state index in [0.29, 0.717) is 44.0 Å². The van der Waals surface area contributed by atoms with Gasteiger partial charge in [-0.05, 0) is 48.6 Å².